The van der Waals surface area contributed by atoms with E-state index in [2.05, 4.69) is 29.6 Å². The number of hydrogen-bond acceptors (Lipinski definition) is 4. The van der Waals surface area contributed by atoms with Gasteiger partial charge in [-0.25, -0.2) is 9.59 Å². The molecular formula is C28H32N2O5. The molecule has 7 nitrogen and oxygen atoms in total. The molecular weight excluding hydrogens is 444 g/mol. The van der Waals surface area contributed by atoms with Gasteiger partial charge in [-0.15, -0.1) is 0 Å². The molecule has 3 aliphatic rings. The van der Waals surface area contributed by atoms with Crippen LogP contribution in [0.4, 0.5) is 4.79 Å². The molecule has 7 heteroatoms. The lowest BCUT2D eigenvalue weighted by Crippen LogP contribution is -2.68. The molecule has 2 amide bonds. The Hall–Kier alpha value is -3.35. The van der Waals surface area contributed by atoms with Gasteiger partial charge in [0.1, 0.15) is 12.6 Å². The lowest BCUT2D eigenvalue weighted by atomic mass is 9.73. The minimum Gasteiger partial charge on any atom is -0.480 e. The first-order valence-electron chi connectivity index (χ1n) is 12.4. The molecule has 35 heavy (non-hydrogen) atoms. The van der Waals surface area contributed by atoms with Crippen LogP contribution in [0.3, 0.4) is 0 Å². The van der Waals surface area contributed by atoms with E-state index in [0.717, 1.165) is 24.0 Å². The molecule has 2 aromatic carbocycles. The highest BCUT2D eigenvalue weighted by molar-refractivity contribution is 5.88. The quantitative estimate of drug-likeness (QED) is 0.667. The zero-order valence-corrected chi connectivity index (χ0v) is 20.2. The van der Waals surface area contributed by atoms with Crippen LogP contribution in [0.25, 0.3) is 11.1 Å². The molecule has 3 atom stereocenters. The number of rotatable bonds is 5. The van der Waals surface area contributed by atoms with Crippen LogP contribution in [0.15, 0.2) is 48.5 Å². The van der Waals surface area contributed by atoms with Crippen LogP contribution in [0.2, 0.25) is 0 Å². The molecule has 1 saturated heterocycles. The molecule has 0 spiro atoms. The van der Waals surface area contributed by atoms with Crippen LogP contribution in [0.5, 0.6) is 0 Å². The maximum Gasteiger partial charge on any atom is 0.407 e. The van der Waals surface area contributed by atoms with Crippen LogP contribution >= 0.6 is 0 Å². The first kappa shape index (κ1) is 23.4. The summed E-state index contributed by atoms with van der Waals surface area (Å²) in [4.78, 5) is 38.9. The van der Waals surface area contributed by atoms with Crippen molar-refractivity contribution in [3.63, 3.8) is 0 Å². The number of carbonyl (C=O) groups is 3. The maximum absolute atomic E-state index is 13.1. The second-order valence-electron chi connectivity index (χ2n) is 10.7. The lowest BCUT2D eigenvalue weighted by Gasteiger charge is -2.53. The SMILES string of the molecule is CC1(C)CN(C(=O)[C@@H]2CCC[C@H](NC(=O)OCC3c4ccccc4-c4ccccc43)C2)C1C(=O)O. The first-order valence-corrected chi connectivity index (χ1v) is 12.4. The van der Waals surface area contributed by atoms with Crippen LogP contribution in [0, 0.1) is 11.3 Å². The summed E-state index contributed by atoms with van der Waals surface area (Å²) in [5.41, 5.74) is 4.26. The number of carboxylic acid groups (broad SMARTS) is 1. The molecule has 1 saturated carbocycles. The van der Waals surface area contributed by atoms with E-state index >= 15 is 0 Å². The van der Waals surface area contributed by atoms with E-state index in [1.165, 1.54) is 16.0 Å². The molecule has 1 unspecified atom stereocenters. The molecule has 0 bridgehead atoms. The van der Waals surface area contributed by atoms with Gasteiger partial charge in [0, 0.05) is 29.8 Å². The molecule has 0 aromatic heterocycles. The number of aliphatic carboxylic acids is 1. The van der Waals surface area contributed by atoms with Crippen LogP contribution in [0.1, 0.15) is 56.6 Å². The number of nitrogens with one attached hydrogen (secondary N) is 1. The summed E-state index contributed by atoms with van der Waals surface area (Å²) >= 11 is 0. The van der Waals surface area contributed by atoms with Gasteiger partial charge in [0.05, 0.1) is 0 Å². The van der Waals surface area contributed by atoms with Gasteiger partial charge in [-0.05, 0) is 41.5 Å². The number of ether oxygens (including phenoxy) is 1. The number of alkyl carbamates (subject to hydrolysis) is 1. The Morgan fingerprint density at radius 2 is 1.66 bits per heavy atom. The smallest absolute Gasteiger partial charge is 0.407 e. The minimum atomic E-state index is -0.960. The highest BCUT2D eigenvalue weighted by atomic mass is 16.5. The molecule has 1 aliphatic heterocycles. The standard InChI is InChI=1S/C28H32N2O5/c1-28(2)16-30(24(28)26(32)33)25(31)17-8-7-9-18(14-17)29-27(34)35-15-23-21-12-5-3-10-19(21)20-11-4-6-13-22(20)23/h3-6,10-13,17-18,23-24H,7-9,14-16H2,1-2H3,(H,29,34)(H,32,33)/t17-,18+,24?/m1/s1. The normalized spacial score (nSPS) is 24.6. The van der Waals surface area contributed by atoms with Crippen molar-refractivity contribution in [2.24, 2.45) is 11.3 Å². The number of fused-ring (bicyclic) bond motifs is 3. The predicted molar refractivity (Wildman–Crippen MR) is 131 cm³/mol. The largest absolute Gasteiger partial charge is 0.480 e. The molecule has 5 rings (SSSR count). The van der Waals surface area contributed by atoms with Crippen molar-refractivity contribution in [3.8, 4) is 11.1 Å². The molecule has 1 heterocycles. The minimum absolute atomic E-state index is 0.00319. The van der Waals surface area contributed by atoms with E-state index in [-0.39, 0.29) is 30.4 Å². The monoisotopic (exact) mass is 476 g/mol. The van der Waals surface area contributed by atoms with Gasteiger partial charge >= 0.3 is 12.1 Å². The van der Waals surface area contributed by atoms with Crippen molar-refractivity contribution in [2.75, 3.05) is 13.2 Å². The van der Waals surface area contributed by atoms with E-state index in [4.69, 9.17) is 4.74 Å². The van der Waals surface area contributed by atoms with Gasteiger partial charge in [0.15, 0.2) is 0 Å². The molecule has 2 aliphatic carbocycles. The second-order valence-corrected chi connectivity index (χ2v) is 10.7. The average molecular weight is 477 g/mol. The van der Waals surface area contributed by atoms with Gasteiger partial charge in [-0.2, -0.15) is 0 Å². The van der Waals surface area contributed by atoms with Crippen molar-refractivity contribution in [1.29, 1.82) is 0 Å². The van der Waals surface area contributed by atoms with E-state index < -0.39 is 23.5 Å². The Kier molecular flexibility index (Phi) is 6.03. The fraction of sp³-hybridized carbons (Fsp3) is 0.464. The van der Waals surface area contributed by atoms with Gasteiger partial charge < -0.3 is 20.1 Å². The van der Waals surface area contributed by atoms with Gasteiger partial charge in [0.25, 0.3) is 0 Å². The number of amides is 2. The zero-order chi connectivity index (χ0) is 24.7. The summed E-state index contributed by atoms with van der Waals surface area (Å²) in [5.74, 6) is -1.35. The van der Waals surface area contributed by atoms with Crippen molar-refractivity contribution < 1.29 is 24.2 Å². The first-order chi connectivity index (χ1) is 16.8. The summed E-state index contributed by atoms with van der Waals surface area (Å²) < 4.78 is 5.67. The van der Waals surface area contributed by atoms with Gasteiger partial charge in [-0.1, -0.05) is 68.8 Å². The molecule has 2 aromatic rings. The summed E-state index contributed by atoms with van der Waals surface area (Å²) in [6.07, 6.45) is 2.33. The fourth-order valence-corrected chi connectivity index (χ4v) is 6.19. The summed E-state index contributed by atoms with van der Waals surface area (Å²) in [6, 6.07) is 15.5. The summed E-state index contributed by atoms with van der Waals surface area (Å²) in [7, 11) is 0. The van der Waals surface area contributed by atoms with Crippen molar-refractivity contribution >= 4 is 18.0 Å². The number of carbonyl (C=O) groups excluding carboxylic acids is 2. The molecule has 0 radical (unpaired) electrons. The second kappa shape index (κ2) is 9.02. The van der Waals surface area contributed by atoms with Crippen molar-refractivity contribution in [2.45, 2.75) is 57.5 Å². The third-order valence-electron chi connectivity index (χ3n) is 7.84. The Morgan fingerprint density at radius 3 is 2.26 bits per heavy atom. The van der Waals surface area contributed by atoms with Crippen LogP contribution < -0.4 is 5.32 Å². The van der Waals surface area contributed by atoms with Crippen molar-refractivity contribution in [3.05, 3.63) is 59.7 Å². The van der Waals surface area contributed by atoms with Gasteiger partial charge in [0.2, 0.25) is 5.91 Å². The third-order valence-corrected chi connectivity index (χ3v) is 7.84. The Balaban J connectivity index is 1.18. The van der Waals surface area contributed by atoms with Crippen molar-refractivity contribution in [1.82, 2.24) is 10.2 Å². The molecule has 2 fully saturated rings. The van der Waals surface area contributed by atoms with Gasteiger partial charge in [-0.3, -0.25) is 4.79 Å². The summed E-state index contributed by atoms with van der Waals surface area (Å²) in [5, 5.41) is 12.5. The van der Waals surface area contributed by atoms with Crippen LogP contribution in [-0.2, 0) is 14.3 Å². The number of benzene rings is 2. The summed E-state index contributed by atoms with van der Waals surface area (Å²) in [6.45, 7) is 4.44. The number of hydrogen-bond donors (Lipinski definition) is 2. The fourth-order valence-electron chi connectivity index (χ4n) is 6.19. The Morgan fingerprint density at radius 1 is 1.03 bits per heavy atom. The third kappa shape index (κ3) is 4.28. The highest BCUT2D eigenvalue weighted by Gasteiger charge is 2.53. The highest BCUT2D eigenvalue weighted by Crippen LogP contribution is 2.44. The number of likely N-dealkylation sites (tertiary alicyclic amines) is 1. The maximum atomic E-state index is 13.1. The zero-order valence-electron chi connectivity index (χ0n) is 20.2. The molecule has 2 N–H and O–H groups in total. The van der Waals surface area contributed by atoms with Crippen LogP contribution in [-0.4, -0.2) is 53.2 Å². The average Bonchev–Trinajstić information content (AvgIpc) is 3.14. The van der Waals surface area contributed by atoms with E-state index in [1.807, 2.05) is 38.1 Å². The van der Waals surface area contributed by atoms with E-state index in [0.29, 0.717) is 19.4 Å². The Bertz CT molecular complexity index is 1110. The Labute approximate surface area is 205 Å². The topological polar surface area (TPSA) is 95.9 Å². The number of nitrogens with zero attached hydrogens (tertiary/aromatic N) is 1. The lowest BCUT2D eigenvalue weighted by molar-refractivity contribution is -0.174. The number of carboxylic acids is 1. The molecule has 184 valence electrons. The van der Waals surface area contributed by atoms with E-state index in [1.54, 1.807) is 0 Å². The predicted octanol–water partition coefficient (Wildman–Crippen LogP) is 4.41. The van der Waals surface area contributed by atoms with E-state index in [9.17, 15) is 19.5 Å².